The Hall–Kier alpha value is -3.49. The number of aliphatic hydroxyl groups is 1. The molecule has 0 aliphatic carbocycles. The Morgan fingerprint density at radius 1 is 0.571 bits per heavy atom. The Labute approximate surface area is 164 Å². The summed E-state index contributed by atoms with van der Waals surface area (Å²) in [7, 11) is 0. The Bertz CT molecular complexity index is 1030. The van der Waals surface area contributed by atoms with E-state index in [1.54, 1.807) is 18.2 Å². The molecule has 0 heterocycles. The summed E-state index contributed by atoms with van der Waals surface area (Å²) in [5.74, 6) is -0.110. The highest BCUT2D eigenvalue weighted by molar-refractivity contribution is 6.10. The predicted octanol–water partition coefficient (Wildman–Crippen LogP) is 5.20. The third kappa shape index (κ3) is 3.15. The van der Waals surface area contributed by atoms with Crippen molar-refractivity contribution in [1.29, 1.82) is 0 Å². The van der Waals surface area contributed by atoms with Crippen LogP contribution in [0, 0.1) is 0 Å². The second-order valence-electron chi connectivity index (χ2n) is 6.68. The van der Waals surface area contributed by atoms with Crippen LogP contribution in [0.15, 0.2) is 115 Å². The van der Waals surface area contributed by atoms with Crippen LogP contribution in [-0.4, -0.2) is 10.9 Å². The van der Waals surface area contributed by atoms with Gasteiger partial charge in [-0.2, -0.15) is 0 Å². The highest BCUT2D eigenvalue weighted by atomic mass is 16.3. The largest absolute Gasteiger partial charge is 0.376 e. The molecule has 0 aliphatic heterocycles. The first-order chi connectivity index (χ1) is 13.7. The van der Waals surface area contributed by atoms with Gasteiger partial charge in [0.05, 0.1) is 0 Å². The molecule has 4 aromatic rings. The second kappa shape index (κ2) is 7.63. The van der Waals surface area contributed by atoms with Crippen molar-refractivity contribution in [2.24, 2.45) is 0 Å². The molecule has 0 spiro atoms. The molecule has 0 bridgehead atoms. The van der Waals surface area contributed by atoms with Crippen molar-refractivity contribution in [3.63, 3.8) is 0 Å². The zero-order valence-corrected chi connectivity index (χ0v) is 15.3. The molecule has 0 aromatic heterocycles. The average molecular weight is 364 g/mol. The van der Waals surface area contributed by atoms with E-state index < -0.39 is 5.60 Å². The molecule has 0 saturated carbocycles. The van der Waals surface area contributed by atoms with Crippen LogP contribution in [0.1, 0.15) is 32.6 Å². The fraction of sp³-hybridized carbons (Fsp3) is 0.0385. The van der Waals surface area contributed by atoms with Gasteiger partial charge in [0.15, 0.2) is 5.78 Å². The van der Waals surface area contributed by atoms with Crippen LogP contribution in [0.25, 0.3) is 0 Å². The molecular weight excluding hydrogens is 344 g/mol. The van der Waals surface area contributed by atoms with Crippen molar-refractivity contribution in [1.82, 2.24) is 0 Å². The van der Waals surface area contributed by atoms with E-state index >= 15 is 0 Å². The van der Waals surface area contributed by atoms with Crippen LogP contribution in [0.5, 0.6) is 0 Å². The molecule has 0 fully saturated rings. The monoisotopic (exact) mass is 364 g/mol. The van der Waals surface area contributed by atoms with Crippen molar-refractivity contribution in [3.05, 3.63) is 143 Å². The summed E-state index contributed by atoms with van der Waals surface area (Å²) in [5, 5.41) is 12.0. The highest BCUT2D eigenvalue weighted by Gasteiger charge is 2.36. The number of rotatable bonds is 5. The molecule has 0 saturated heterocycles. The first-order valence-electron chi connectivity index (χ1n) is 9.24. The third-order valence-electron chi connectivity index (χ3n) is 4.98. The minimum Gasteiger partial charge on any atom is -0.376 e. The summed E-state index contributed by atoms with van der Waals surface area (Å²) >= 11 is 0. The van der Waals surface area contributed by atoms with Crippen molar-refractivity contribution in [3.8, 4) is 0 Å². The Kier molecular flexibility index (Phi) is 4.88. The molecule has 0 radical (unpaired) electrons. The lowest BCUT2D eigenvalue weighted by atomic mass is 9.77. The van der Waals surface area contributed by atoms with Gasteiger partial charge < -0.3 is 5.11 Å². The van der Waals surface area contributed by atoms with Gasteiger partial charge in [0.2, 0.25) is 0 Å². The van der Waals surface area contributed by atoms with Gasteiger partial charge >= 0.3 is 0 Å². The van der Waals surface area contributed by atoms with E-state index in [1.165, 1.54) is 0 Å². The van der Waals surface area contributed by atoms with Crippen LogP contribution in [-0.2, 0) is 5.60 Å². The number of carbonyl (C=O) groups is 1. The van der Waals surface area contributed by atoms with Crippen molar-refractivity contribution < 1.29 is 9.90 Å². The molecular formula is C26H20O2. The normalized spacial score (nSPS) is 11.2. The summed E-state index contributed by atoms with van der Waals surface area (Å²) in [5.41, 5.74) is 1.65. The molecule has 4 rings (SSSR count). The van der Waals surface area contributed by atoms with E-state index in [2.05, 4.69) is 0 Å². The average Bonchev–Trinajstić information content (AvgIpc) is 2.80. The van der Waals surface area contributed by atoms with Gasteiger partial charge in [-0.3, -0.25) is 4.79 Å². The zero-order chi connectivity index (χ0) is 19.4. The van der Waals surface area contributed by atoms with Gasteiger partial charge in [-0.05, 0) is 11.1 Å². The van der Waals surface area contributed by atoms with Gasteiger partial charge in [0.1, 0.15) is 5.60 Å². The maximum absolute atomic E-state index is 13.3. The maximum atomic E-state index is 13.3. The molecule has 28 heavy (non-hydrogen) atoms. The number of hydrogen-bond donors (Lipinski definition) is 1. The highest BCUT2D eigenvalue weighted by Crippen LogP contribution is 2.38. The lowest BCUT2D eigenvalue weighted by Crippen LogP contribution is -2.31. The third-order valence-corrected chi connectivity index (χ3v) is 4.98. The van der Waals surface area contributed by atoms with E-state index in [0.29, 0.717) is 16.7 Å². The molecule has 2 nitrogen and oxygen atoms in total. The molecule has 1 N–H and O–H groups in total. The summed E-state index contributed by atoms with van der Waals surface area (Å²) < 4.78 is 0. The van der Waals surface area contributed by atoms with Crippen LogP contribution >= 0.6 is 0 Å². The van der Waals surface area contributed by atoms with E-state index in [4.69, 9.17) is 0 Å². The first-order valence-corrected chi connectivity index (χ1v) is 9.24. The number of hydrogen-bond acceptors (Lipinski definition) is 2. The van der Waals surface area contributed by atoms with E-state index in [1.807, 2.05) is 97.1 Å². The fourth-order valence-electron chi connectivity index (χ4n) is 3.58. The topological polar surface area (TPSA) is 37.3 Å². The Morgan fingerprint density at radius 3 is 1.54 bits per heavy atom. The second-order valence-corrected chi connectivity index (χ2v) is 6.68. The van der Waals surface area contributed by atoms with Crippen molar-refractivity contribution in [2.45, 2.75) is 5.60 Å². The van der Waals surface area contributed by atoms with Crippen LogP contribution in [0.3, 0.4) is 0 Å². The standard InChI is InChI=1S/C26H20O2/c27-25(20-12-4-1-5-13-20)23-18-10-11-19-24(23)26(28,21-14-6-2-7-15-21)22-16-8-3-9-17-22/h1-19,28H. The lowest BCUT2D eigenvalue weighted by molar-refractivity contribution is 0.101. The molecule has 2 heteroatoms. The van der Waals surface area contributed by atoms with Crippen LogP contribution < -0.4 is 0 Å². The minimum absolute atomic E-state index is 0.110. The van der Waals surface area contributed by atoms with Crippen LogP contribution in [0.4, 0.5) is 0 Å². The van der Waals surface area contributed by atoms with Gasteiger partial charge in [0.25, 0.3) is 0 Å². The molecule has 4 aromatic carbocycles. The smallest absolute Gasteiger partial charge is 0.193 e. The number of carbonyl (C=O) groups excluding carboxylic acids is 1. The Balaban J connectivity index is 1.96. The van der Waals surface area contributed by atoms with Gasteiger partial charge in [0, 0.05) is 16.7 Å². The van der Waals surface area contributed by atoms with Crippen molar-refractivity contribution >= 4 is 5.78 Å². The van der Waals surface area contributed by atoms with Gasteiger partial charge in [-0.15, -0.1) is 0 Å². The number of ketones is 1. The minimum atomic E-state index is -1.44. The van der Waals surface area contributed by atoms with E-state index in [-0.39, 0.29) is 5.78 Å². The summed E-state index contributed by atoms with van der Waals surface area (Å²) in [4.78, 5) is 13.3. The molecule has 0 unspecified atom stereocenters. The van der Waals surface area contributed by atoms with E-state index in [9.17, 15) is 9.90 Å². The fourth-order valence-corrected chi connectivity index (χ4v) is 3.58. The summed E-state index contributed by atoms with van der Waals surface area (Å²) in [6.07, 6.45) is 0. The zero-order valence-electron chi connectivity index (χ0n) is 15.3. The summed E-state index contributed by atoms with van der Waals surface area (Å²) in [6, 6.07) is 35.4. The first kappa shape index (κ1) is 17.9. The van der Waals surface area contributed by atoms with E-state index in [0.717, 1.165) is 11.1 Å². The maximum Gasteiger partial charge on any atom is 0.193 e. The van der Waals surface area contributed by atoms with Crippen LogP contribution in [0.2, 0.25) is 0 Å². The molecule has 0 atom stereocenters. The lowest BCUT2D eigenvalue weighted by Gasteiger charge is -2.31. The van der Waals surface area contributed by atoms with Crippen molar-refractivity contribution in [2.75, 3.05) is 0 Å². The Morgan fingerprint density at radius 2 is 1.00 bits per heavy atom. The number of benzene rings is 4. The predicted molar refractivity (Wildman–Crippen MR) is 111 cm³/mol. The van der Waals surface area contributed by atoms with Gasteiger partial charge in [-0.1, -0.05) is 115 Å². The quantitative estimate of drug-likeness (QED) is 0.390. The summed E-state index contributed by atoms with van der Waals surface area (Å²) in [6.45, 7) is 0. The SMILES string of the molecule is O=C(c1ccccc1)c1ccccc1C(O)(c1ccccc1)c1ccccc1. The van der Waals surface area contributed by atoms with Gasteiger partial charge in [-0.25, -0.2) is 0 Å². The molecule has 136 valence electrons. The molecule has 0 aliphatic rings. The molecule has 0 amide bonds.